The lowest BCUT2D eigenvalue weighted by atomic mass is 10.3. The molecule has 5 nitrogen and oxygen atoms in total. The van der Waals surface area contributed by atoms with Crippen LogP contribution in [0.4, 0.5) is 0 Å². The second-order valence-corrected chi connectivity index (χ2v) is 5.12. The molecular formula is C14H22N2O3S. The quantitative estimate of drug-likeness (QED) is 0.478. The second kappa shape index (κ2) is 9.50. The van der Waals surface area contributed by atoms with Gasteiger partial charge in [0.25, 0.3) is 11.9 Å². The summed E-state index contributed by atoms with van der Waals surface area (Å²) in [6, 6.07) is 3.96. The van der Waals surface area contributed by atoms with Crippen molar-refractivity contribution in [3.8, 4) is 0 Å². The van der Waals surface area contributed by atoms with E-state index in [1.807, 2.05) is 32.2 Å². The molecule has 0 saturated carbocycles. The summed E-state index contributed by atoms with van der Waals surface area (Å²) in [6.45, 7) is 7.42. The van der Waals surface area contributed by atoms with E-state index in [4.69, 9.17) is 9.47 Å². The maximum atomic E-state index is 12.0. The minimum atomic E-state index is -0.196. The molecule has 1 rings (SSSR count). The molecule has 1 aromatic heterocycles. The number of hydrogen-bond donors (Lipinski definition) is 1. The van der Waals surface area contributed by atoms with E-state index < -0.39 is 0 Å². The highest BCUT2D eigenvalue weighted by molar-refractivity contribution is 7.12. The van der Waals surface area contributed by atoms with Crippen molar-refractivity contribution in [3.63, 3.8) is 0 Å². The lowest BCUT2D eigenvalue weighted by molar-refractivity contribution is 0.0924. The summed E-state index contributed by atoms with van der Waals surface area (Å²) in [5.41, 5.74) is 0. The van der Waals surface area contributed by atoms with Gasteiger partial charge in [-0.1, -0.05) is 13.0 Å². The highest BCUT2D eigenvalue weighted by Crippen LogP contribution is 2.08. The molecule has 0 radical (unpaired) electrons. The Kier molecular flexibility index (Phi) is 7.91. The number of amidine groups is 1. The first kappa shape index (κ1) is 16.7. The van der Waals surface area contributed by atoms with Gasteiger partial charge in [-0.15, -0.1) is 11.3 Å². The molecule has 1 heterocycles. The smallest absolute Gasteiger partial charge is 0.292 e. The molecule has 0 aliphatic heterocycles. The molecule has 20 heavy (non-hydrogen) atoms. The number of amides is 1. The monoisotopic (exact) mass is 298 g/mol. The summed E-state index contributed by atoms with van der Waals surface area (Å²) in [4.78, 5) is 17.0. The molecule has 1 amide bonds. The Balaban J connectivity index is 2.58. The number of rotatable bonds is 7. The SMILES string of the molecule is CCOCCOC(=N[C@@H](C)CC)NC(=O)c1cccs1. The number of nitrogens with one attached hydrogen (secondary N) is 1. The molecule has 1 aromatic rings. The van der Waals surface area contributed by atoms with Crippen LogP contribution in [0.25, 0.3) is 0 Å². The third-order valence-electron chi connectivity index (χ3n) is 2.56. The third-order valence-corrected chi connectivity index (χ3v) is 3.43. The van der Waals surface area contributed by atoms with Crippen molar-refractivity contribution in [2.24, 2.45) is 4.99 Å². The van der Waals surface area contributed by atoms with Crippen LogP contribution >= 0.6 is 11.3 Å². The Morgan fingerprint density at radius 3 is 2.85 bits per heavy atom. The summed E-state index contributed by atoms with van der Waals surface area (Å²) < 4.78 is 10.7. The van der Waals surface area contributed by atoms with E-state index in [0.717, 1.165) is 6.42 Å². The van der Waals surface area contributed by atoms with E-state index in [9.17, 15) is 4.79 Å². The molecule has 0 aromatic carbocycles. The highest BCUT2D eigenvalue weighted by atomic mass is 32.1. The minimum Gasteiger partial charge on any atom is -0.463 e. The van der Waals surface area contributed by atoms with E-state index in [0.29, 0.717) is 24.7 Å². The van der Waals surface area contributed by atoms with Gasteiger partial charge < -0.3 is 9.47 Å². The van der Waals surface area contributed by atoms with E-state index in [1.165, 1.54) is 11.3 Å². The third kappa shape index (κ3) is 6.16. The van der Waals surface area contributed by atoms with Gasteiger partial charge in [0.15, 0.2) is 0 Å². The largest absolute Gasteiger partial charge is 0.463 e. The van der Waals surface area contributed by atoms with Crippen molar-refractivity contribution in [1.29, 1.82) is 0 Å². The summed E-state index contributed by atoms with van der Waals surface area (Å²) >= 11 is 1.38. The first-order valence-corrected chi connectivity index (χ1v) is 7.68. The van der Waals surface area contributed by atoms with Gasteiger partial charge in [-0.3, -0.25) is 10.1 Å². The van der Waals surface area contributed by atoms with Crippen LogP contribution in [0.3, 0.4) is 0 Å². The zero-order valence-corrected chi connectivity index (χ0v) is 13.0. The summed E-state index contributed by atoms with van der Waals surface area (Å²) in [6.07, 6.45) is 0.882. The van der Waals surface area contributed by atoms with E-state index >= 15 is 0 Å². The number of carbonyl (C=O) groups is 1. The van der Waals surface area contributed by atoms with Crippen LogP contribution in [0.15, 0.2) is 22.5 Å². The van der Waals surface area contributed by atoms with Crippen LogP contribution in [0.2, 0.25) is 0 Å². The van der Waals surface area contributed by atoms with Crippen molar-refractivity contribution >= 4 is 23.3 Å². The first-order valence-electron chi connectivity index (χ1n) is 6.80. The number of hydrogen-bond acceptors (Lipinski definition) is 5. The van der Waals surface area contributed by atoms with E-state index in [-0.39, 0.29) is 18.0 Å². The summed E-state index contributed by atoms with van der Waals surface area (Å²) in [7, 11) is 0. The normalized spacial score (nSPS) is 13.1. The Morgan fingerprint density at radius 1 is 1.45 bits per heavy atom. The highest BCUT2D eigenvalue weighted by Gasteiger charge is 2.11. The molecule has 0 bridgehead atoms. The van der Waals surface area contributed by atoms with Crippen LogP contribution in [-0.4, -0.2) is 37.8 Å². The molecule has 0 fully saturated rings. The van der Waals surface area contributed by atoms with Gasteiger partial charge in [0.05, 0.1) is 17.5 Å². The molecule has 1 atom stereocenters. The maximum Gasteiger partial charge on any atom is 0.292 e. The Labute approximate surface area is 124 Å². The molecule has 0 aliphatic carbocycles. The fourth-order valence-corrected chi connectivity index (χ4v) is 1.92. The Bertz CT molecular complexity index is 418. The Hall–Kier alpha value is -1.40. The van der Waals surface area contributed by atoms with Gasteiger partial charge >= 0.3 is 0 Å². The number of aliphatic imine (C=N–C) groups is 1. The zero-order valence-electron chi connectivity index (χ0n) is 12.2. The fourth-order valence-electron chi connectivity index (χ4n) is 1.31. The van der Waals surface area contributed by atoms with Crippen LogP contribution in [0, 0.1) is 0 Å². The first-order chi connectivity index (χ1) is 9.67. The van der Waals surface area contributed by atoms with Gasteiger partial charge in [0.2, 0.25) is 0 Å². The van der Waals surface area contributed by atoms with Gasteiger partial charge in [-0.2, -0.15) is 0 Å². The van der Waals surface area contributed by atoms with Crippen LogP contribution in [0.5, 0.6) is 0 Å². The predicted octanol–water partition coefficient (Wildman–Crippen LogP) is 2.69. The second-order valence-electron chi connectivity index (χ2n) is 4.17. The molecule has 112 valence electrons. The molecule has 1 N–H and O–H groups in total. The lowest BCUT2D eigenvalue weighted by Crippen LogP contribution is -2.33. The van der Waals surface area contributed by atoms with E-state index in [2.05, 4.69) is 10.3 Å². The van der Waals surface area contributed by atoms with Crippen LogP contribution < -0.4 is 5.32 Å². The minimum absolute atomic E-state index is 0.0979. The van der Waals surface area contributed by atoms with Crippen molar-refractivity contribution in [3.05, 3.63) is 22.4 Å². The van der Waals surface area contributed by atoms with E-state index in [1.54, 1.807) is 6.07 Å². The number of nitrogens with zero attached hydrogens (tertiary/aromatic N) is 1. The molecule has 6 heteroatoms. The summed E-state index contributed by atoms with van der Waals surface area (Å²) in [5.74, 6) is -0.196. The zero-order chi connectivity index (χ0) is 14.8. The molecular weight excluding hydrogens is 276 g/mol. The lowest BCUT2D eigenvalue weighted by Gasteiger charge is -2.12. The van der Waals surface area contributed by atoms with Crippen molar-refractivity contribution < 1.29 is 14.3 Å². The predicted molar refractivity (Wildman–Crippen MR) is 81.4 cm³/mol. The number of ether oxygens (including phenoxy) is 2. The van der Waals surface area contributed by atoms with Gasteiger partial charge in [-0.05, 0) is 31.7 Å². The summed E-state index contributed by atoms with van der Waals surface area (Å²) in [5, 5.41) is 4.56. The molecule has 0 saturated heterocycles. The fraction of sp³-hybridized carbons (Fsp3) is 0.571. The van der Waals surface area contributed by atoms with Crippen LogP contribution in [-0.2, 0) is 9.47 Å². The Morgan fingerprint density at radius 2 is 2.25 bits per heavy atom. The molecule has 0 unspecified atom stereocenters. The van der Waals surface area contributed by atoms with Gasteiger partial charge in [0, 0.05) is 6.61 Å². The number of carbonyl (C=O) groups excluding carboxylic acids is 1. The van der Waals surface area contributed by atoms with Crippen LogP contribution in [0.1, 0.15) is 36.9 Å². The van der Waals surface area contributed by atoms with Gasteiger partial charge in [-0.25, -0.2) is 4.99 Å². The standard InChI is InChI=1S/C14H22N2O3S/c1-4-11(3)15-14(19-9-8-18-5-2)16-13(17)12-7-6-10-20-12/h6-7,10-11H,4-5,8-9H2,1-3H3,(H,15,16,17)/t11-/m0/s1. The van der Waals surface area contributed by atoms with Crippen molar-refractivity contribution in [2.75, 3.05) is 19.8 Å². The topological polar surface area (TPSA) is 59.9 Å². The van der Waals surface area contributed by atoms with Crippen molar-refractivity contribution in [2.45, 2.75) is 33.2 Å². The number of thiophene rings is 1. The maximum absolute atomic E-state index is 12.0. The van der Waals surface area contributed by atoms with Gasteiger partial charge in [0.1, 0.15) is 6.61 Å². The molecule has 0 aliphatic rings. The average molecular weight is 298 g/mol. The van der Waals surface area contributed by atoms with Crippen molar-refractivity contribution in [1.82, 2.24) is 5.32 Å². The molecule has 0 spiro atoms. The average Bonchev–Trinajstić information content (AvgIpc) is 2.97.